The van der Waals surface area contributed by atoms with Crippen molar-refractivity contribution >= 4 is 23.2 Å². The lowest BCUT2D eigenvalue weighted by Crippen LogP contribution is -2.18. The Labute approximate surface area is 129 Å². The number of nitrogens with one attached hydrogen (secondary N) is 1. The summed E-state index contributed by atoms with van der Waals surface area (Å²) >= 11 is 12.4. The molecule has 0 amide bonds. The van der Waals surface area contributed by atoms with Crippen LogP contribution < -0.4 is 10.1 Å². The second-order valence-corrected chi connectivity index (χ2v) is 5.15. The molecule has 0 saturated carbocycles. The van der Waals surface area contributed by atoms with E-state index in [2.05, 4.69) is 5.32 Å². The van der Waals surface area contributed by atoms with E-state index in [0.717, 1.165) is 16.9 Å². The van der Waals surface area contributed by atoms with Crippen LogP contribution in [0.3, 0.4) is 0 Å². The lowest BCUT2D eigenvalue weighted by Gasteiger charge is -2.19. The number of ether oxygens (including phenoxy) is 1. The van der Waals surface area contributed by atoms with Crippen LogP contribution in [0, 0.1) is 0 Å². The second-order valence-electron chi connectivity index (χ2n) is 4.37. The van der Waals surface area contributed by atoms with Gasteiger partial charge in [0.2, 0.25) is 0 Å². The lowest BCUT2D eigenvalue weighted by molar-refractivity contribution is 0.340. The predicted octanol–water partition coefficient (Wildman–Crippen LogP) is 4.70. The summed E-state index contributed by atoms with van der Waals surface area (Å²) in [5, 5.41) is 4.42. The van der Waals surface area contributed by atoms with Crippen LogP contribution in [0.15, 0.2) is 42.5 Å². The van der Waals surface area contributed by atoms with Crippen molar-refractivity contribution in [3.8, 4) is 5.75 Å². The molecule has 0 aromatic heterocycles. The minimum absolute atomic E-state index is 0.00289. The number of hydrogen-bond acceptors (Lipinski definition) is 2. The van der Waals surface area contributed by atoms with Crippen LogP contribution >= 0.6 is 23.2 Å². The van der Waals surface area contributed by atoms with Gasteiger partial charge < -0.3 is 10.1 Å². The average molecular weight is 310 g/mol. The molecule has 20 heavy (non-hydrogen) atoms. The van der Waals surface area contributed by atoms with Crippen LogP contribution in [0.25, 0.3) is 0 Å². The quantitative estimate of drug-likeness (QED) is 0.864. The summed E-state index contributed by atoms with van der Waals surface area (Å²) in [5.41, 5.74) is 2.07. The number of benzene rings is 2. The van der Waals surface area contributed by atoms with E-state index in [1.807, 2.05) is 50.4 Å². The van der Waals surface area contributed by atoms with Crippen molar-refractivity contribution in [1.82, 2.24) is 5.32 Å². The Balaban J connectivity index is 2.34. The van der Waals surface area contributed by atoms with Gasteiger partial charge in [0.25, 0.3) is 0 Å². The zero-order valence-electron chi connectivity index (χ0n) is 11.5. The summed E-state index contributed by atoms with van der Waals surface area (Å²) in [6, 6.07) is 13.7. The van der Waals surface area contributed by atoms with Crippen molar-refractivity contribution in [1.29, 1.82) is 0 Å². The van der Waals surface area contributed by atoms with Crippen molar-refractivity contribution in [2.45, 2.75) is 13.0 Å². The van der Waals surface area contributed by atoms with Gasteiger partial charge in [-0.25, -0.2) is 0 Å². The van der Waals surface area contributed by atoms with Crippen molar-refractivity contribution in [3.63, 3.8) is 0 Å². The van der Waals surface area contributed by atoms with Crippen molar-refractivity contribution in [3.05, 3.63) is 63.6 Å². The Bertz CT molecular complexity index is 569. The Morgan fingerprint density at radius 2 is 1.80 bits per heavy atom. The molecular formula is C16H17Cl2NO. The SMILES string of the molecule is CCOc1ccc(C(NC)c2cccc(Cl)c2Cl)cc1. The second kappa shape index (κ2) is 6.98. The largest absolute Gasteiger partial charge is 0.494 e. The monoisotopic (exact) mass is 309 g/mol. The molecule has 0 aliphatic heterocycles. The first-order valence-corrected chi connectivity index (χ1v) is 7.27. The Morgan fingerprint density at radius 3 is 2.40 bits per heavy atom. The van der Waals surface area contributed by atoms with E-state index >= 15 is 0 Å². The lowest BCUT2D eigenvalue weighted by atomic mass is 9.99. The van der Waals surface area contributed by atoms with E-state index in [9.17, 15) is 0 Å². The smallest absolute Gasteiger partial charge is 0.119 e. The maximum Gasteiger partial charge on any atom is 0.119 e. The summed E-state index contributed by atoms with van der Waals surface area (Å²) < 4.78 is 5.46. The van der Waals surface area contributed by atoms with Crippen LogP contribution in [-0.4, -0.2) is 13.7 Å². The van der Waals surface area contributed by atoms with E-state index < -0.39 is 0 Å². The van der Waals surface area contributed by atoms with Gasteiger partial charge in [-0.15, -0.1) is 0 Å². The number of rotatable bonds is 5. The van der Waals surface area contributed by atoms with E-state index in [1.165, 1.54) is 0 Å². The summed E-state index contributed by atoms with van der Waals surface area (Å²) in [6.07, 6.45) is 0. The van der Waals surface area contributed by atoms with Gasteiger partial charge in [-0.3, -0.25) is 0 Å². The highest BCUT2D eigenvalue weighted by Crippen LogP contribution is 2.33. The summed E-state index contributed by atoms with van der Waals surface area (Å²) in [7, 11) is 1.90. The van der Waals surface area contributed by atoms with Gasteiger partial charge in [-0.1, -0.05) is 47.5 Å². The molecule has 4 heteroatoms. The van der Waals surface area contributed by atoms with Gasteiger partial charge in [0.1, 0.15) is 5.75 Å². The minimum atomic E-state index is -0.00289. The van der Waals surface area contributed by atoms with E-state index in [-0.39, 0.29) is 6.04 Å². The fraction of sp³-hybridized carbons (Fsp3) is 0.250. The third kappa shape index (κ3) is 3.26. The van der Waals surface area contributed by atoms with Crippen molar-refractivity contribution in [2.24, 2.45) is 0 Å². The summed E-state index contributed by atoms with van der Waals surface area (Å²) in [6.45, 7) is 2.63. The third-order valence-electron chi connectivity index (χ3n) is 3.11. The first kappa shape index (κ1) is 15.2. The molecule has 1 unspecified atom stereocenters. The molecule has 0 radical (unpaired) electrons. The molecule has 0 spiro atoms. The Hall–Kier alpha value is -1.22. The molecule has 2 aromatic carbocycles. The van der Waals surface area contributed by atoms with Gasteiger partial charge in [-0.05, 0) is 43.3 Å². The minimum Gasteiger partial charge on any atom is -0.494 e. The molecule has 1 atom stereocenters. The molecule has 0 fully saturated rings. The molecular weight excluding hydrogens is 293 g/mol. The summed E-state index contributed by atoms with van der Waals surface area (Å²) in [4.78, 5) is 0. The number of hydrogen-bond donors (Lipinski definition) is 1. The molecule has 106 valence electrons. The highest BCUT2D eigenvalue weighted by molar-refractivity contribution is 6.42. The molecule has 0 aliphatic carbocycles. The highest BCUT2D eigenvalue weighted by Gasteiger charge is 2.16. The first-order valence-electron chi connectivity index (χ1n) is 6.51. The summed E-state index contributed by atoms with van der Waals surface area (Å²) in [5.74, 6) is 0.864. The predicted molar refractivity (Wildman–Crippen MR) is 85.0 cm³/mol. The average Bonchev–Trinajstić information content (AvgIpc) is 2.46. The molecule has 1 N–H and O–H groups in total. The first-order chi connectivity index (χ1) is 9.67. The van der Waals surface area contributed by atoms with Gasteiger partial charge in [-0.2, -0.15) is 0 Å². The zero-order valence-corrected chi connectivity index (χ0v) is 13.0. The zero-order chi connectivity index (χ0) is 14.5. The van der Waals surface area contributed by atoms with Gasteiger partial charge >= 0.3 is 0 Å². The molecule has 2 nitrogen and oxygen atoms in total. The van der Waals surface area contributed by atoms with Crippen LogP contribution in [0.1, 0.15) is 24.1 Å². The van der Waals surface area contributed by atoms with Gasteiger partial charge in [0.15, 0.2) is 0 Å². The highest BCUT2D eigenvalue weighted by atomic mass is 35.5. The van der Waals surface area contributed by atoms with Crippen LogP contribution in [-0.2, 0) is 0 Å². The molecule has 0 saturated heterocycles. The molecule has 0 heterocycles. The van der Waals surface area contributed by atoms with Crippen molar-refractivity contribution in [2.75, 3.05) is 13.7 Å². The molecule has 2 aromatic rings. The maximum absolute atomic E-state index is 6.30. The van der Waals surface area contributed by atoms with Crippen LogP contribution in [0.5, 0.6) is 5.75 Å². The van der Waals surface area contributed by atoms with Crippen LogP contribution in [0.4, 0.5) is 0 Å². The van der Waals surface area contributed by atoms with Gasteiger partial charge in [0, 0.05) is 0 Å². The Kier molecular flexibility index (Phi) is 5.30. The molecule has 2 rings (SSSR count). The molecule has 0 bridgehead atoms. The van der Waals surface area contributed by atoms with Gasteiger partial charge in [0.05, 0.1) is 22.7 Å². The third-order valence-corrected chi connectivity index (χ3v) is 3.94. The number of halogens is 2. The fourth-order valence-electron chi connectivity index (χ4n) is 2.17. The molecule has 0 aliphatic rings. The van der Waals surface area contributed by atoms with E-state index in [0.29, 0.717) is 16.7 Å². The maximum atomic E-state index is 6.30. The van der Waals surface area contributed by atoms with E-state index in [1.54, 1.807) is 6.07 Å². The van der Waals surface area contributed by atoms with Crippen molar-refractivity contribution < 1.29 is 4.74 Å². The van der Waals surface area contributed by atoms with Crippen LogP contribution in [0.2, 0.25) is 10.0 Å². The Morgan fingerprint density at radius 1 is 1.10 bits per heavy atom. The normalized spacial score (nSPS) is 12.2. The topological polar surface area (TPSA) is 21.3 Å². The standard InChI is InChI=1S/C16H17Cl2NO/c1-3-20-12-9-7-11(8-10-12)16(19-2)13-5-4-6-14(17)15(13)18/h4-10,16,19H,3H2,1-2H3. The van der Waals surface area contributed by atoms with E-state index in [4.69, 9.17) is 27.9 Å². The fourth-order valence-corrected chi connectivity index (χ4v) is 2.59.